The zero-order valence-corrected chi connectivity index (χ0v) is 27.2. The Morgan fingerprint density at radius 3 is 2.16 bits per heavy atom. The van der Waals surface area contributed by atoms with E-state index in [4.69, 9.17) is 9.15 Å². The molecule has 1 atom stereocenters. The van der Waals surface area contributed by atoms with Crippen LogP contribution in [0, 0.1) is 18.8 Å². The number of piperidine rings is 2. The molecule has 6 rings (SSSR count). The summed E-state index contributed by atoms with van der Waals surface area (Å²) in [6.07, 6.45) is 11.6. The molecule has 230 valence electrons. The van der Waals surface area contributed by atoms with Gasteiger partial charge in [0.05, 0.1) is 6.07 Å². The maximum absolute atomic E-state index is 6.52. The fraction of sp³-hybridized carbons (Fsp3) is 0.541. The van der Waals surface area contributed by atoms with Crippen LogP contribution in [0.25, 0.3) is 16.5 Å². The average molecular weight is 584 g/mol. The smallest absolute Gasteiger partial charge is 0.368 e. The first kappa shape index (κ1) is 29.8. The van der Waals surface area contributed by atoms with Gasteiger partial charge in [-0.1, -0.05) is 12.8 Å². The van der Waals surface area contributed by atoms with Gasteiger partial charge in [0.15, 0.2) is 6.23 Å². The van der Waals surface area contributed by atoms with Gasteiger partial charge in [-0.15, -0.1) is 0 Å². The van der Waals surface area contributed by atoms with Gasteiger partial charge < -0.3 is 19.0 Å². The van der Waals surface area contributed by atoms with Crippen molar-refractivity contribution in [2.75, 3.05) is 64.2 Å². The summed E-state index contributed by atoms with van der Waals surface area (Å²) in [5, 5.41) is 1.21. The predicted octanol–water partition coefficient (Wildman–Crippen LogP) is 6.76. The normalized spacial score (nSPS) is 21.3. The van der Waals surface area contributed by atoms with Gasteiger partial charge in [0.25, 0.3) is 0 Å². The second-order valence-electron chi connectivity index (χ2n) is 13.6. The van der Waals surface area contributed by atoms with Crippen LogP contribution in [0.2, 0.25) is 0 Å². The highest BCUT2D eigenvalue weighted by atomic mass is 16.5. The van der Waals surface area contributed by atoms with Crippen molar-refractivity contribution in [2.45, 2.75) is 65.0 Å². The van der Waals surface area contributed by atoms with Crippen molar-refractivity contribution in [3.8, 4) is 5.75 Å². The average Bonchev–Trinajstić information content (AvgIpc) is 3.01. The maximum Gasteiger partial charge on any atom is 0.368 e. The van der Waals surface area contributed by atoms with Crippen LogP contribution in [0.15, 0.2) is 53.0 Å². The second-order valence-corrected chi connectivity index (χ2v) is 13.6. The van der Waals surface area contributed by atoms with Crippen LogP contribution < -0.4 is 24.7 Å². The van der Waals surface area contributed by atoms with E-state index in [0.717, 1.165) is 54.9 Å². The molecule has 0 spiro atoms. The van der Waals surface area contributed by atoms with Gasteiger partial charge in [-0.05, 0) is 86.4 Å². The molecule has 6 heteroatoms. The molecule has 1 aromatic heterocycles. The number of aryl methyl sites for hydroxylation is 1. The van der Waals surface area contributed by atoms with Crippen molar-refractivity contribution in [3.63, 3.8) is 0 Å². The quantitative estimate of drug-likeness (QED) is 0.287. The highest BCUT2D eigenvalue weighted by Crippen LogP contribution is 2.36. The number of fused-ring (bicyclic) bond motifs is 2. The first-order chi connectivity index (χ1) is 20.7. The zero-order chi connectivity index (χ0) is 30.1. The number of ether oxygens (including phenoxy) is 1. The Balaban J connectivity index is 0.970. The lowest BCUT2D eigenvalue weighted by Gasteiger charge is -2.38. The molecule has 0 N–H and O–H groups in total. The van der Waals surface area contributed by atoms with Crippen LogP contribution in [0.4, 0.5) is 11.4 Å². The van der Waals surface area contributed by atoms with Gasteiger partial charge in [-0.25, -0.2) is 0 Å². The number of benzene rings is 2. The minimum Gasteiger partial charge on any atom is -0.471 e. The lowest BCUT2D eigenvalue weighted by molar-refractivity contribution is 0.0312. The van der Waals surface area contributed by atoms with Crippen molar-refractivity contribution < 1.29 is 9.15 Å². The highest BCUT2D eigenvalue weighted by molar-refractivity contribution is 5.83. The Morgan fingerprint density at radius 1 is 0.814 bits per heavy atom. The molecule has 0 aliphatic carbocycles. The summed E-state index contributed by atoms with van der Waals surface area (Å²) in [4.78, 5) is 6.82. The minimum atomic E-state index is 0.0595. The zero-order valence-electron chi connectivity index (χ0n) is 27.2. The summed E-state index contributed by atoms with van der Waals surface area (Å²) in [5.41, 5.74) is 8.22. The van der Waals surface area contributed by atoms with E-state index in [9.17, 15) is 0 Å². The fourth-order valence-electron chi connectivity index (χ4n) is 7.25. The molecule has 0 radical (unpaired) electrons. The lowest BCUT2D eigenvalue weighted by atomic mass is 9.87. The number of rotatable bonds is 7. The lowest BCUT2D eigenvalue weighted by Crippen LogP contribution is -2.44. The van der Waals surface area contributed by atoms with Crippen molar-refractivity contribution in [3.05, 3.63) is 65.2 Å². The van der Waals surface area contributed by atoms with Crippen LogP contribution in [0.3, 0.4) is 0 Å². The summed E-state index contributed by atoms with van der Waals surface area (Å²) in [5.74, 6) is 2.71. The molecule has 4 heterocycles. The van der Waals surface area contributed by atoms with Crippen molar-refractivity contribution in [1.29, 1.82) is 0 Å². The van der Waals surface area contributed by atoms with Crippen molar-refractivity contribution in [2.24, 2.45) is 11.8 Å². The molecule has 3 aliphatic heterocycles. The van der Waals surface area contributed by atoms with Gasteiger partial charge in [-0.3, -0.25) is 4.90 Å². The SMILES string of the molecule is CC1=CC(N2CCC(CCCC3CC[N+](=c4cc(C)c5ccc(N(C)C)cc5o4)CC3)CC2)Oc2cc(N(C)C)ccc21. The van der Waals surface area contributed by atoms with E-state index in [1.54, 1.807) is 0 Å². The topological polar surface area (TPSA) is 35.1 Å². The molecular weight excluding hydrogens is 532 g/mol. The van der Waals surface area contributed by atoms with Crippen LogP contribution in [0.5, 0.6) is 5.75 Å². The van der Waals surface area contributed by atoms with E-state index in [-0.39, 0.29) is 6.23 Å². The summed E-state index contributed by atoms with van der Waals surface area (Å²) in [6.45, 7) is 8.87. The second kappa shape index (κ2) is 12.8. The number of allylic oxidation sites excluding steroid dienone is 1. The van der Waals surface area contributed by atoms with E-state index in [1.165, 1.54) is 78.4 Å². The summed E-state index contributed by atoms with van der Waals surface area (Å²) in [7, 11) is 8.33. The first-order valence-electron chi connectivity index (χ1n) is 16.5. The molecule has 3 aliphatic rings. The number of likely N-dealkylation sites (tertiary alicyclic amines) is 1. The van der Waals surface area contributed by atoms with E-state index in [2.05, 4.69) is 110 Å². The molecule has 6 nitrogen and oxygen atoms in total. The molecule has 3 aromatic rings. The number of nitrogens with zero attached hydrogens (tertiary/aromatic N) is 4. The van der Waals surface area contributed by atoms with Gasteiger partial charge in [-0.2, -0.15) is 4.58 Å². The number of anilines is 2. The van der Waals surface area contributed by atoms with Crippen molar-refractivity contribution in [1.82, 2.24) is 9.48 Å². The third-order valence-corrected chi connectivity index (χ3v) is 10.2. The summed E-state index contributed by atoms with van der Waals surface area (Å²) >= 11 is 0. The molecule has 2 saturated heterocycles. The third kappa shape index (κ3) is 6.64. The minimum absolute atomic E-state index is 0.0595. The van der Waals surface area contributed by atoms with E-state index in [0.29, 0.717) is 0 Å². The number of hydrogen-bond donors (Lipinski definition) is 0. The van der Waals surface area contributed by atoms with Crippen molar-refractivity contribution >= 4 is 27.9 Å². The van der Waals surface area contributed by atoms with Crippen LogP contribution in [0.1, 0.15) is 63.0 Å². The van der Waals surface area contributed by atoms with Crippen LogP contribution in [-0.4, -0.2) is 65.5 Å². The highest BCUT2D eigenvalue weighted by Gasteiger charge is 2.29. The van der Waals surface area contributed by atoms with E-state index in [1.807, 2.05) is 0 Å². The maximum atomic E-state index is 6.52. The van der Waals surface area contributed by atoms with Gasteiger partial charge >= 0.3 is 5.55 Å². The molecule has 1 unspecified atom stereocenters. The molecule has 43 heavy (non-hydrogen) atoms. The molecule has 0 bridgehead atoms. The first-order valence-corrected chi connectivity index (χ1v) is 16.5. The van der Waals surface area contributed by atoms with Gasteiger partial charge in [0.1, 0.15) is 24.4 Å². The largest absolute Gasteiger partial charge is 0.471 e. The number of hydrogen-bond acceptors (Lipinski definition) is 5. The van der Waals surface area contributed by atoms with Gasteiger partial charge in [0, 0.05) is 88.6 Å². The predicted molar refractivity (Wildman–Crippen MR) is 180 cm³/mol. The van der Waals surface area contributed by atoms with E-state index >= 15 is 0 Å². The molecule has 0 amide bonds. The summed E-state index contributed by atoms with van der Waals surface area (Å²) < 4.78 is 15.4. The Hall–Kier alpha value is -3.25. The molecular formula is C37H51N4O2+. The Kier molecular flexibility index (Phi) is 8.85. The monoisotopic (exact) mass is 583 g/mol. The molecule has 2 fully saturated rings. The van der Waals surface area contributed by atoms with Crippen LogP contribution in [-0.2, 0) is 0 Å². The van der Waals surface area contributed by atoms with E-state index < -0.39 is 0 Å². The fourth-order valence-corrected chi connectivity index (χ4v) is 7.25. The third-order valence-electron chi connectivity index (χ3n) is 10.2. The van der Waals surface area contributed by atoms with Gasteiger partial charge in [0.2, 0.25) is 0 Å². The molecule has 2 aromatic carbocycles. The Morgan fingerprint density at radius 2 is 1.47 bits per heavy atom. The summed E-state index contributed by atoms with van der Waals surface area (Å²) in [6, 6.07) is 15.3. The standard InChI is InChI=1S/C37H51N4O2/c1-26-22-36(42-34-24-30(38(3)4)10-12-32(26)34)40-18-14-28(15-19-40)8-7-9-29-16-20-41(21-17-29)37-23-27(2)33-13-11-31(39(5)6)25-35(33)43-37/h10-13,22-25,28-29,36H,7-9,14-21H2,1-6H3/q+1. The Bertz CT molecular complexity index is 1530. The molecule has 0 saturated carbocycles. The Labute approximate surface area is 258 Å². The van der Waals surface area contributed by atoms with Crippen LogP contribution >= 0.6 is 0 Å².